The summed E-state index contributed by atoms with van der Waals surface area (Å²) in [5.74, 6) is 0.505. The van der Waals surface area contributed by atoms with Crippen molar-refractivity contribution in [1.29, 1.82) is 0 Å². The fraction of sp³-hybridized carbons (Fsp3) is 0.200. The normalized spacial score (nSPS) is 11.2. The SMILES string of the molecule is COc1ccccc1N(Cc1cccc(Cl)c1)S(C)(=O)=O. The van der Waals surface area contributed by atoms with Crippen LogP contribution in [0.2, 0.25) is 5.02 Å². The highest BCUT2D eigenvalue weighted by Gasteiger charge is 2.21. The van der Waals surface area contributed by atoms with E-state index < -0.39 is 10.0 Å². The van der Waals surface area contributed by atoms with Crippen molar-refractivity contribution in [2.24, 2.45) is 0 Å². The molecule has 0 saturated carbocycles. The molecule has 4 nitrogen and oxygen atoms in total. The van der Waals surface area contributed by atoms with Gasteiger partial charge in [-0.3, -0.25) is 4.31 Å². The molecule has 0 aromatic heterocycles. The number of sulfonamides is 1. The summed E-state index contributed by atoms with van der Waals surface area (Å²) in [4.78, 5) is 0. The number of para-hydroxylation sites is 2. The average Bonchev–Trinajstić information content (AvgIpc) is 2.44. The molecule has 0 heterocycles. The van der Waals surface area contributed by atoms with Crippen molar-refractivity contribution >= 4 is 27.3 Å². The van der Waals surface area contributed by atoms with Crippen LogP contribution in [0.4, 0.5) is 5.69 Å². The summed E-state index contributed by atoms with van der Waals surface area (Å²) in [5, 5.41) is 0.570. The second-order valence-electron chi connectivity index (χ2n) is 4.57. The van der Waals surface area contributed by atoms with Crippen LogP contribution in [0.15, 0.2) is 48.5 Å². The van der Waals surface area contributed by atoms with E-state index in [0.717, 1.165) is 5.56 Å². The highest BCUT2D eigenvalue weighted by Crippen LogP contribution is 2.31. The number of hydrogen-bond donors (Lipinski definition) is 0. The molecule has 2 aromatic rings. The van der Waals surface area contributed by atoms with E-state index in [9.17, 15) is 8.42 Å². The van der Waals surface area contributed by atoms with Crippen molar-refractivity contribution in [2.45, 2.75) is 6.54 Å². The zero-order valence-electron chi connectivity index (χ0n) is 11.8. The summed E-state index contributed by atoms with van der Waals surface area (Å²) in [7, 11) is -1.94. The molecule has 0 aliphatic rings. The summed E-state index contributed by atoms with van der Waals surface area (Å²) < 4.78 is 30.8. The third kappa shape index (κ3) is 3.89. The third-order valence-electron chi connectivity index (χ3n) is 2.97. The molecule has 2 rings (SSSR count). The monoisotopic (exact) mass is 325 g/mol. The Morgan fingerprint density at radius 3 is 2.48 bits per heavy atom. The molecule has 0 amide bonds. The summed E-state index contributed by atoms with van der Waals surface area (Å²) in [6, 6.07) is 14.1. The van der Waals surface area contributed by atoms with E-state index in [1.165, 1.54) is 17.7 Å². The zero-order chi connectivity index (χ0) is 15.5. The molecule has 0 aliphatic heterocycles. The van der Waals surface area contributed by atoms with Crippen LogP contribution in [-0.4, -0.2) is 21.8 Å². The Hall–Kier alpha value is -1.72. The maximum absolute atomic E-state index is 12.1. The standard InChI is InChI=1S/C15H16ClNO3S/c1-20-15-9-4-3-8-14(15)17(21(2,18)19)11-12-6-5-7-13(16)10-12/h3-10H,11H2,1-2H3. The Morgan fingerprint density at radius 2 is 1.86 bits per heavy atom. The van der Waals surface area contributed by atoms with Crippen LogP contribution in [0.1, 0.15) is 5.56 Å². The van der Waals surface area contributed by atoms with Gasteiger partial charge < -0.3 is 4.74 Å². The quantitative estimate of drug-likeness (QED) is 0.847. The Kier molecular flexibility index (Phi) is 4.75. The Labute approximate surface area is 130 Å². The van der Waals surface area contributed by atoms with Crippen LogP contribution in [-0.2, 0) is 16.6 Å². The van der Waals surface area contributed by atoms with Gasteiger partial charge >= 0.3 is 0 Å². The molecule has 21 heavy (non-hydrogen) atoms. The van der Waals surface area contributed by atoms with E-state index in [0.29, 0.717) is 16.5 Å². The number of hydrogen-bond acceptors (Lipinski definition) is 3. The summed E-state index contributed by atoms with van der Waals surface area (Å²) in [5.41, 5.74) is 1.31. The van der Waals surface area contributed by atoms with Crippen LogP contribution in [0.25, 0.3) is 0 Å². The lowest BCUT2D eigenvalue weighted by molar-refractivity contribution is 0.415. The molecule has 0 saturated heterocycles. The van der Waals surface area contributed by atoms with Gasteiger partial charge in [-0.05, 0) is 29.8 Å². The molecule has 0 aliphatic carbocycles. The lowest BCUT2D eigenvalue weighted by Gasteiger charge is -2.24. The highest BCUT2D eigenvalue weighted by molar-refractivity contribution is 7.92. The number of halogens is 1. The maximum Gasteiger partial charge on any atom is 0.232 e. The zero-order valence-corrected chi connectivity index (χ0v) is 13.4. The Morgan fingerprint density at radius 1 is 1.14 bits per heavy atom. The number of methoxy groups -OCH3 is 1. The van der Waals surface area contributed by atoms with Gasteiger partial charge in [-0.25, -0.2) is 8.42 Å². The summed E-state index contributed by atoms with van der Waals surface area (Å²) >= 11 is 5.95. The van der Waals surface area contributed by atoms with Crippen molar-refractivity contribution in [2.75, 3.05) is 17.7 Å². The number of benzene rings is 2. The first-order valence-electron chi connectivity index (χ1n) is 6.27. The third-order valence-corrected chi connectivity index (χ3v) is 4.33. The van der Waals surface area contributed by atoms with Gasteiger partial charge in [0.2, 0.25) is 10.0 Å². The van der Waals surface area contributed by atoms with E-state index >= 15 is 0 Å². The van der Waals surface area contributed by atoms with Crippen LogP contribution in [0.5, 0.6) is 5.75 Å². The highest BCUT2D eigenvalue weighted by atomic mass is 35.5. The predicted molar refractivity (Wildman–Crippen MR) is 85.5 cm³/mol. The van der Waals surface area contributed by atoms with Gasteiger partial charge in [0.05, 0.1) is 25.6 Å². The largest absolute Gasteiger partial charge is 0.495 e. The number of ether oxygens (including phenoxy) is 1. The van der Waals surface area contributed by atoms with Crippen molar-refractivity contribution < 1.29 is 13.2 Å². The smallest absolute Gasteiger partial charge is 0.232 e. The van der Waals surface area contributed by atoms with Crippen molar-refractivity contribution in [3.63, 3.8) is 0 Å². The number of rotatable bonds is 5. The summed E-state index contributed by atoms with van der Waals surface area (Å²) in [6.45, 7) is 0.194. The molecule has 0 fully saturated rings. The van der Waals surface area contributed by atoms with Gasteiger partial charge in [0.1, 0.15) is 5.75 Å². The van der Waals surface area contributed by atoms with E-state index in [2.05, 4.69) is 0 Å². The Balaban J connectivity index is 2.45. The van der Waals surface area contributed by atoms with Gasteiger partial charge in [0, 0.05) is 5.02 Å². The molecule has 2 aromatic carbocycles. The van der Waals surface area contributed by atoms with E-state index in [4.69, 9.17) is 16.3 Å². The maximum atomic E-state index is 12.1. The minimum Gasteiger partial charge on any atom is -0.495 e. The van der Waals surface area contributed by atoms with E-state index in [1.54, 1.807) is 42.5 Å². The van der Waals surface area contributed by atoms with Crippen molar-refractivity contribution in [1.82, 2.24) is 0 Å². The lowest BCUT2D eigenvalue weighted by atomic mass is 10.2. The first kappa shape index (κ1) is 15.7. The second kappa shape index (κ2) is 6.37. The minimum atomic E-state index is -3.45. The van der Waals surface area contributed by atoms with Crippen LogP contribution in [0.3, 0.4) is 0 Å². The van der Waals surface area contributed by atoms with Gasteiger partial charge in [-0.2, -0.15) is 0 Å². The molecule has 0 bridgehead atoms. The fourth-order valence-electron chi connectivity index (χ4n) is 2.02. The van der Waals surface area contributed by atoms with Gasteiger partial charge in [-0.15, -0.1) is 0 Å². The lowest BCUT2D eigenvalue weighted by Crippen LogP contribution is -2.29. The van der Waals surface area contributed by atoms with Gasteiger partial charge in [0.15, 0.2) is 0 Å². The first-order valence-corrected chi connectivity index (χ1v) is 8.49. The van der Waals surface area contributed by atoms with Crippen molar-refractivity contribution in [3.05, 3.63) is 59.1 Å². The second-order valence-corrected chi connectivity index (χ2v) is 6.91. The van der Waals surface area contributed by atoms with Gasteiger partial charge in [-0.1, -0.05) is 35.9 Å². The van der Waals surface area contributed by atoms with Crippen molar-refractivity contribution in [3.8, 4) is 5.75 Å². The summed E-state index contributed by atoms with van der Waals surface area (Å²) in [6.07, 6.45) is 1.17. The van der Waals surface area contributed by atoms with Crippen LogP contribution < -0.4 is 9.04 Å². The first-order chi connectivity index (χ1) is 9.91. The molecule has 0 atom stereocenters. The molecule has 6 heteroatoms. The van der Waals surface area contributed by atoms with E-state index in [-0.39, 0.29) is 6.54 Å². The minimum absolute atomic E-state index is 0.194. The molecule has 0 N–H and O–H groups in total. The Bertz CT molecular complexity index is 731. The molecular weight excluding hydrogens is 310 g/mol. The molecular formula is C15H16ClNO3S. The number of nitrogens with zero attached hydrogens (tertiary/aromatic N) is 1. The molecule has 0 radical (unpaired) electrons. The molecule has 112 valence electrons. The predicted octanol–water partition coefficient (Wildman–Crippen LogP) is 3.31. The molecule has 0 unspecified atom stereocenters. The van der Waals surface area contributed by atoms with Crippen LogP contribution in [0, 0.1) is 0 Å². The topological polar surface area (TPSA) is 46.6 Å². The van der Waals surface area contributed by atoms with Gasteiger partial charge in [0.25, 0.3) is 0 Å². The number of anilines is 1. The molecule has 0 spiro atoms. The van der Waals surface area contributed by atoms with E-state index in [1.807, 2.05) is 6.07 Å². The fourth-order valence-corrected chi connectivity index (χ4v) is 3.12. The average molecular weight is 326 g/mol. The van der Waals surface area contributed by atoms with Crippen LogP contribution >= 0.6 is 11.6 Å².